The van der Waals surface area contributed by atoms with Crippen LogP contribution in [-0.2, 0) is 9.47 Å². The van der Waals surface area contributed by atoms with Crippen LogP contribution in [-0.4, -0.2) is 18.4 Å². The lowest BCUT2D eigenvalue weighted by Gasteiger charge is -2.30. The van der Waals surface area contributed by atoms with E-state index in [1.165, 1.54) is 51.4 Å². The zero-order valence-corrected chi connectivity index (χ0v) is 14.5. The first-order valence-corrected chi connectivity index (χ1v) is 9.58. The molecule has 0 saturated heterocycles. The molecule has 0 radical (unpaired) electrons. The first kappa shape index (κ1) is 17.6. The Hall–Kier alpha value is -0.730. The van der Waals surface area contributed by atoms with Gasteiger partial charge >= 0.3 is 6.16 Å². The number of carbonyl (C=O) groups excluding carboxylic acids is 1. The van der Waals surface area contributed by atoms with E-state index in [2.05, 4.69) is 13.8 Å². The number of carbonyl (C=O) groups is 1. The Labute approximate surface area is 136 Å². The molecule has 0 bridgehead atoms. The molecule has 0 spiro atoms. The maximum atomic E-state index is 11.9. The van der Waals surface area contributed by atoms with E-state index in [0.717, 1.165) is 37.5 Å². The molecule has 2 rings (SSSR count). The van der Waals surface area contributed by atoms with Gasteiger partial charge in [0.05, 0.1) is 0 Å². The molecule has 128 valence electrons. The molecule has 0 unspecified atom stereocenters. The molecule has 0 heterocycles. The van der Waals surface area contributed by atoms with Crippen molar-refractivity contribution in [2.24, 2.45) is 11.8 Å². The van der Waals surface area contributed by atoms with Gasteiger partial charge in [0.25, 0.3) is 0 Å². The van der Waals surface area contributed by atoms with Crippen LogP contribution >= 0.6 is 0 Å². The molecule has 2 saturated carbocycles. The van der Waals surface area contributed by atoms with Crippen molar-refractivity contribution in [1.82, 2.24) is 0 Å². The van der Waals surface area contributed by atoms with Crippen LogP contribution in [0.1, 0.15) is 90.9 Å². The van der Waals surface area contributed by atoms with Gasteiger partial charge in [-0.15, -0.1) is 0 Å². The highest BCUT2D eigenvalue weighted by molar-refractivity contribution is 5.60. The fraction of sp³-hybridized carbons (Fsp3) is 0.947. The SMILES string of the molecule is CCCC1CCC(OC(=O)OC2CCC(CCC)CC2)CC1. The highest BCUT2D eigenvalue weighted by atomic mass is 16.7. The largest absolute Gasteiger partial charge is 0.508 e. The van der Waals surface area contributed by atoms with E-state index in [-0.39, 0.29) is 12.2 Å². The molecule has 0 aromatic carbocycles. The van der Waals surface area contributed by atoms with Crippen molar-refractivity contribution in [3.8, 4) is 0 Å². The summed E-state index contributed by atoms with van der Waals surface area (Å²) in [5, 5.41) is 0. The Bertz CT molecular complexity index is 283. The summed E-state index contributed by atoms with van der Waals surface area (Å²) in [6.07, 6.45) is 13.8. The van der Waals surface area contributed by atoms with Crippen molar-refractivity contribution in [1.29, 1.82) is 0 Å². The quantitative estimate of drug-likeness (QED) is 0.577. The second kappa shape index (κ2) is 9.42. The molecular formula is C19H34O3. The predicted octanol–water partition coefficient (Wildman–Crippen LogP) is 5.86. The summed E-state index contributed by atoms with van der Waals surface area (Å²) < 4.78 is 11.1. The van der Waals surface area contributed by atoms with Crippen molar-refractivity contribution in [2.75, 3.05) is 0 Å². The van der Waals surface area contributed by atoms with Crippen LogP contribution < -0.4 is 0 Å². The van der Waals surface area contributed by atoms with Gasteiger partial charge in [-0.05, 0) is 63.2 Å². The molecule has 22 heavy (non-hydrogen) atoms. The summed E-state index contributed by atoms with van der Waals surface area (Å²) >= 11 is 0. The van der Waals surface area contributed by atoms with E-state index in [1.54, 1.807) is 0 Å². The minimum Gasteiger partial charge on any atom is -0.431 e. The van der Waals surface area contributed by atoms with Crippen LogP contribution in [0.5, 0.6) is 0 Å². The monoisotopic (exact) mass is 310 g/mol. The molecular weight excluding hydrogens is 276 g/mol. The van der Waals surface area contributed by atoms with Crippen molar-refractivity contribution < 1.29 is 14.3 Å². The van der Waals surface area contributed by atoms with Gasteiger partial charge in [-0.25, -0.2) is 4.79 Å². The highest BCUT2D eigenvalue weighted by Crippen LogP contribution is 2.31. The maximum absolute atomic E-state index is 11.9. The standard InChI is InChI=1S/C19H34O3/c1-3-5-15-7-11-17(12-8-15)21-19(20)22-18-13-9-16(6-4-2)10-14-18/h15-18H,3-14H2,1-2H3. The van der Waals surface area contributed by atoms with Gasteiger partial charge in [-0.3, -0.25) is 0 Å². The second-order valence-corrected chi connectivity index (χ2v) is 7.35. The van der Waals surface area contributed by atoms with E-state index in [9.17, 15) is 4.79 Å². The number of hydrogen-bond acceptors (Lipinski definition) is 3. The zero-order valence-electron chi connectivity index (χ0n) is 14.5. The van der Waals surface area contributed by atoms with Crippen molar-refractivity contribution in [3.63, 3.8) is 0 Å². The first-order valence-electron chi connectivity index (χ1n) is 9.58. The van der Waals surface area contributed by atoms with Crippen LogP contribution in [0.3, 0.4) is 0 Å². The van der Waals surface area contributed by atoms with E-state index in [1.807, 2.05) is 0 Å². The van der Waals surface area contributed by atoms with Gasteiger partial charge in [0, 0.05) is 0 Å². The van der Waals surface area contributed by atoms with Crippen molar-refractivity contribution >= 4 is 6.16 Å². The Morgan fingerprint density at radius 1 is 0.727 bits per heavy atom. The molecule has 3 nitrogen and oxygen atoms in total. The Kier molecular flexibility index (Phi) is 7.54. The average Bonchev–Trinajstić information content (AvgIpc) is 2.52. The molecule has 0 aliphatic heterocycles. The van der Waals surface area contributed by atoms with Crippen LogP contribution in [0.25, 0.3) is 0 Å². The van der Waals surface area contributed by atoms with Crippen LogP contribution in [0.2, 0.25) is 0 Å². The molecule has 3 heteroatoms. The smallest absolute Gasteiger partial charge is 0.431 e. The van der Waals surface area contributed by atoms with Gasteiger partial charge in [0.2, 0.25) is 0 Å². The lowest BCUT2D eigenvalue weighted by molar-refractivity contribution is -0.0263. The number of rotatable bonds is 6. The van der Waals surface area contributed by atoms with Gasteiger partial charge in [-0.2, -0.15) is 0 Å². The topological polar surface area (TPSA) is 35.5 Å². The van der Waals surface area contributed by atoms with Gasteiger partial charge in [0.15, 0.2) is 0 Å². The van der Waals surface area contributed by atoms with E-state index in [4.69, 9.17) is 9.47 Å². The molecule has 0 N–H and O–H groups in total. The third-order valence-electron chi connectivity index (χ3n) is 5.51. The summed E-state index contributed by atoms with van der Waals surface area (Å²) in [5.74, 6) is 1.68. The van der Waals surface area contributed by atoms with Gasteiger partial charge in [-0.1, -0.05) is 39.5 Å². The minimum atomic E-state index is -0.419. The summed E-state index contributed by atoms with van der Waals surface area (Å²) in [5.41, 5.74) is 0. The third-order valence-corrected chi connectivity index (χ3v) is 5.51. The van der Waals surface area contributed by atoms with Gasteiger partial charge < -0.3 is 9.47 Å². The molecule has 2 aliphatic rings. The van der Waals surface area contributed by atoms with E-state index < -0.39 is 6.16 Å². The van der Waals surface area contributed by atoms with Gasteiger partial charge in [0.1, 0.15) is 12.2 Å². The second-order valence-electron chi connectivity index (χ2n) is 7.35. The van der Waals surface area contributed by atoms with Crippen molar-refractivity contribution in [2.45, 2.75) is 103 Å². The van der Waals surface area contributed by atoms with Crippen LogP contribution in [0, 0.1) is 11.8 Å². The lowest BCUT2D eigenvalue weighted by atomic mass is 9.84. The summed E-state index contributed by atoms with van der Waals surface area (Å²) in [6.45, 7) is 4.49. The fourth-order valence-electron chi connectivity index (χ4n) is 4.19. The van der Waals surface area contributed by atoms with E-state index >= 15 is 0 Å². The fourth-order valence-corrected chi connectivity index (χ4v) is 4.19. The van der Waals surface area contributed by atoms with Crippen LogP contribution in [0.15, 0.2) is 0 Å². The third kappa shape index (κ3) is 5.81. The lowest BCUT2D eigenvalue weighted by Crippen LogP contribution is -2.29. The highest BCUT2D eigenvalue weighted by Gasteiger charge is 2.27. The van der Waals surface area contributed by atoms with Crippen LogP contribution in [0.4, 0.5) is 4.79 Å². The summed E-state index contributed by atoms with van der Waals surface area (Å²) in [4.78, 5) is 11.9. The minimum absolute atomic E-state index is 0.0945. The Balaban J connectivity index is 1.60. The molecule has 0 atom stereocenters. The van der Waals surface area contributed by atoms with Crippen molar-refractivity contribution in [3.05, 3.63) is 0 Å². The predicted molar refractivity (Wildman–Crippen MR) is 88.9 cm³/mol. The maximum Gasteiger partial charge on any atom is 0.508 e. The number of ether oxygens (including phenoxy) is 2. The summed E-state index contributed by atoms with van der Waals surface area (Å²) in [6, 6.07) is 0. The molecule has 2 fully saturated rings. The first-order chi connectivity index (χ1) is 10.7. The molecule has 2 aliphatic carbocycles. The zero-order chi connectivity index (χ0) is 15.8. The normalized spacial score (nSPS) is 32.5. The Morgan fingerprint density at radius 3 is 1.41 bits per heavy atom. The Morgan fingerprint density at radius 2 is 1.09 bits per heavy atom. The molecule has 0 amide bonds. The molecule has 0 aromatic rings. The number of hydrogen-bond donors (Lipinski definition) is 0. The molecule has 0 aromatic heterocycles. The van der Waals surface area contributed by atoms with E-state index in [0.29, 0.717) is 0 Å². The average molecular weight is 310 g/mol. The summed E-state index contributed by atoms with van der Waals surface area (Å²) in [7, 11) is 0.